The maximum Gasteiger partial charge on any atom is 0.495 e. The lowest BCUT2D eigenvalue weighted by molar-refractivity contribution is 0.00578. The van der Waals surface area contributed by atoms with Gasteiger partial charge in [0.25, 0.3) is 0 Å². The zero-order chi connectivity index (χ0) is 14.4. The first-order valence-corrected chi connectivity index (χ1v) is 6.82. The number of rotatable bonds is 2. The summed E-state index contributed by atoms with van der Waals surface area (Å²) in [6.45, 7) is 11.8. The molecule has 0 aromatic heterocycles. The molecule has 0 spiro atoms. The molecule has 104 valence electrons. The Morgan fingerprint density at radius 1 is 1.11 bits per heavy atom. The number of hydrogen-bond donors (Lipinski definition) is 0. The van der Waals surface area contributed by atoms with Crippen LogP contribution in [0.1, 0.15) is 45.7 Å². The second-order valence-corrected chi connectivity index (χ2v) is 6.24. The average molecular weight is 264 g/mol. The minimum Gasteiger partial charge on any atom is -0.399 e. The van der Waals surface area contributed by atoms with Crippen LogP contribution >= 0.6 is 0 Å². The maximum atomic E-state index is 13.8. The van der Waals surface area contributed by atoms with Crippen LogP contribution in [0.5, 0.6) is 0 Å². The first-order chi connectivity index (χ1) is 8.68. The molecule has 0 atom stereocenters. The van der Waals surface area contributed by atoms with Crippen molar-refractivity contribution in [1.29, 1.82) is 0 Å². The van der Waals surface area contributed by atoms with E-state index >= 15 is 0 Å². The van der Waals surface area contributed by atoms with Gasteiger partial charge >= 0.3 is 7.12 Å². The molecule has 2 rings (SSSR count). The Hall–Kier alpha value is -0.865. The zero-order valence-electron chi connectivity index (χ0n) is 12.6. The first kappa shape index (κ1) is 14.5. The summed E-state index contributed by atoms with van der Waals surface area (Å²) in [4.78, 5) is 0. The second kappa shape index (κ2) is 4.60. The molecule has 1 aliphatic rings. The van der Waals surface area contributed by atoms with Crippen LogP contribution in [0.4, 0.5) is 4.39 Å². The molecule has 1 heterocycles. The molecule has 4 heteroatoms. The SMILES string of the molecule is CCc1cc(C)c(F)cc1B1OC(C)(C)C(C)(C)O1. The average Bonchev–Trinajstić information content (AvgIpc) is 2.51. The van der Waals surface area contributed by atoms with Crippen molar-refractivity contribution in [1.82, 2.24) is 0 Å². The van der Waals surface area contributed by atoms with Gasteiger partial charge in [-0.1, -0.05) is 13.0 Å². The van der Waals surface area contributed by atoms with Crippen LogP contribution in [-0.2, 0) is 15.7 Å². The van der Waals surface area contributed by atoms with Crippen LogP contribution in [0, 0.1) is 12.7 Å². The van der Waals surface area contributed by atoms with Crippen molar-refractivity contribution in [3.05, 3.63) is 29.1 Å². The monoisotopic (exact) mass is 264 g/mol. The van der Waals surface area contributed by atoms with E-state index in [4.69, 9.17) is 9.31 Å². The van der Waals surface area contributed by atoms with E-state index in [0.717, 1.165) is 17.4 Å². The van der Waals surface area contributed by atoms with E-state index in [1.165, 1.54) is 0 Å². The van der Waals surface area contributed by atoms with Crippen molar-refractivity contribution in [3.63, 3.8) is 0 Å². The van der Waals surface area contributed by atoms with Crippen LogP contribution in [-0.4, -0.2) is 18.3 Å². The lowest BCUT2D eigenvalue weighted by atomic mass is 9.75. The van der Waals surface area contributed by atoms with Gasteiger partial charge < -0.3 is 9.31 Å². The molecule has 0 radical (unpaired) electrons. The van der Waals surface area contributed by atoms with Gasteiger partial charge in [-0.15, -0.1) is 0 Å². The van der Waals surface area contributed by atoms with Gasteiger partial charge in [-0.2, -0.15) is 0 Å². The zero-order valence-corrected chi connectivity index (χ0v) is 12.6. The van der Waals surface area contributed by atoms with Gasteiger partial charge in [0.1, 0.15) is 5.82 Å². The van der Waals surface area contributed by atoms with Gasteiger partial charge in [-0.05, 0) is 63.7 Å². The lowest BCUT2D eigenvalue weighted by Gasteiger charge is -2.32. The molecule has 1 aromatic rings. The first-order valence-electron chi connectivity index (χ1n) is 6.82. The smallest absolute Gasteiger partial charge is 0.399 e. The molecule has 19 heavy (non-hydrogen) atoms. The van der Waals surface area contributed by atoms with Crippen LogP contribution < -0.4 is 5.46 Å². The van der Waals surface area contributed by atoms with Gasteiger partial charge in [-0.3, -0.25) is 0 Å². The number of aryl methyl sites for hydroxylation is 2. The van der Waals surface area contributed by atoms with E-state index in [1.54, 1.807) is 13.0 Å². The molecular formula is C15H22BFO2. The maximum absolute atomic E-state index is 13.8. The Morgan fingerprint density at radius 3 is 2.11 bits per heavy atom. The van der Waals surface area contributed by atoms with Gasteiger partial charge in [0.05, 0.1) is 11.2 Å². The molecule has 1 aromatic carbocycles. The quantitative estimate of drug-likeness (QED) is 0.764. The summed E-state index contributed by atoms with van der Waals surface area (Å²) >= 11 is 0. The Balaban J connectivity index is 2.42. The second-order valence-electron chi connectivity index (χ2n) is 6.24. The molecular weight excluding hydrogens is 242 g/mol. The number of hydrogen-bond acceptors (Lipinski definition) is 2. The molecule has 1 fully saturated rings. The van der Waals surface area contributed by atoms with Gasteiger partial charge in [0, 0.05) is 0 Å². The normalized spacial score (nSPS) is 20.9. The highest BCUT2D eigenvalue weighted by molar-refractivity contribution is 6.62. The van der Waals surface area contributed by atoms with Crippen LogP contribution in [0.2, 0.25) is 0 Å². The van der Waals surface area contributed by atoms with Crippen molar-refractivity contribution in [2.75, 3.05) is 0 Å². The molecule has 0 unspecified atom stereocenters. The van der Waals surface area contributed by atoms with E-state index in [1.807, 2.05) is 33.8 Å². The van der Waals surface area contributed by atoms with E-state index in [2.05, 4.69) is 6.92 Å². The fraction of sp³-hybridized carbons (Fsp3) is 0.600. The molecule has 0 N–H and O–H groups in total. The summed E-state index contributed by atoms with van der Waals surface area (Å²) in [5.74, 6) is -0.207. The standard InChI is InChI=1S/C15H22BFO2/c1-7-11-8-10(2)13(17)9-12(11)16-18-14(3,4)15(5,6)19-16/h8-9H,7H2,1-6H3. The van der Waals surface area contributed by atoms with Crippen LogP contribution in [0.25, 0.3) is 0 Å². The Kier molecular flexibility index (Phi) is 3.52. The summed E-state index contributed by atoms with van der Waals surface area (Å²) in [7, 11) is -0.491. The van der Waals surface area contributed by atoms with E-state index < -0.39 is 18.3 Å². The third-order valence-electron chi connectivity index (χ3n) is 4.31. The summed E-state index contributed by atoms with van der Waals surface area (Å²) < 4.78 is 25.8. The van der Waals surface area contributed by atoms with Crippen molar-refractivity contribution in [2.45, 2.75) is 59.2 Å². The van der Waals surface area contributed by atoms with Gasteiger partial charge in [0.15, 0.2) is 0 Å². The highest BCUT2D eigenvalue weighted by Gasteiger charge is 2.52. The summed E-state index contributed by atoms with van der Waals surface area (Å²) in [5.41, 5.74) is 1.76. The lowest BCUT2D eigenvalue weighted by Crippen LogP contribution is -2.41. The highest BCUT2D eigenvalue weighted by atomic mass is 19.1. The van der Waals surface area contributed by atoms with E-state index in [0.29, 0.717) is 5.56 Å². The minimum absolute atomic E-state index is 0.207. The summed E-state index contributed by atoms with van der Waals surface area (Å²) in [6.07, 6.45) is 0.834. The Bertz CT molecular complexity index is 481. The largest absolute Gasteiger partial charge is 0.495 e. The highest BCUT2D eigenvalue weighted by Crippen LogP contribution is 2.36. The predicted molar refractivity (Wildman–Crippen MR) is 76.2 cm³/mol. The van der Waals surface area contributed by atoms with Crippen molar-refractivity contribution < 1.29 is 13.7 Å². The van der Waals surface area contributed by atoms with E-state index in [-0.39, 0.29) is 5.82 Å². The molecule has 0 aliphatic carbocycles. The molecule has 0 amide bonds. The molecule has 2 nitrogen and oxygen atoms in total. The number of benzene rings is 1. The predicted octanol–water partition coefficient (Wildman–Crippen LogP) is 3.00. The van der Waals surface area contributed by atoms with Crippen LogP contribution in [0.3, 0.4) is 0 Å². The topological polar surface area (TPSA) is 18.5 Å². The molecule has 1 saturated heterocycles. The molecule has 1 aliphatic heterocycles. The Morgan fingerprint density at radius 2 is 1.63 bits per heavy atom. The van der Waals surface area contributed by atoms with Gasteiger partial charge in [-0.25, -0.2) is 4.39 Å². The summed E-state index contributed by atoms with van der Waals surface area (Å²) in [6, 6.07) is 3.44. The van der Waals surface area contributed by atoms with Crippen molar-refractivity contribution >= 4 is 12.6 Å². The Labute approximate surface area is 115 Å². The van der Waals surface area contributed by atoms with E-state index in [9.17, 15) is 4.39 Å². The molecule has 0 bridgehead atoms. The fourth-order valence-corrected chi connectivity index (χ4v) is 2.25. The number of halogens is 1. The van der Waals surface area contributed by atoms with Gasteiger partial charge in [0.2, 0.25) is 0 Å². The van der Waals surface area contributed by atoms with Crippen molar-refractivity contribution in [3.8, 4) is 0 Å². The third kappa shape index (κ3) is 2.44. The van der Waals surface area contributed by atoms with Crippen LogP contribution in [0.15, 0.2) is 12.1 Å². The van der Waals surface area contributed by atoms with Crippen molar-refractivity contribution in [2.24, 2.45) is 0 Å². The fourth-order valence-electron chi connectivity index (χ4n) is 2.25. The molecule has 0 saturated carbocycles. The third-order valence-corrected chi connectivity index (χ3v) is 4.31. The summed E-state index contributed by atoms with van der Waals surface area (Å²) in [5, 5.41) is 0. The minimum atomic E-state index is -0.491.